The van der Waals surface area contributed by atoms with E-state index in [2.05, 4.69) is 0 Å². The molecule has 0 N–H and O–H groups in total. The van der Waals surface area contributed by atoms with Gasteiger partial charge >= 0.3 is 0 Å². The SMILES string of the molecule is CCCN(C/C(C)=C(\c1ccc(OC)cc1)c1cc(OC)c(OC)cc1C)S(=O)(=O)C(C)C. The molecule has 2 aromatic rings. The van der Waals surface area contributed by atoms with Gasteiger partial charge in [0.05, 0.1) is 26.6 Å². The predicted octanol–water partition coefficient (Wildman–Crippen LogP) is 5.29. The van der Waals surface area contributed by atoms with Gasteiger partial charge in [0.25, 0.3) is 0 Å². The molecule has 0 aliphatic heterocycles. The minimum Gasteiger partial charge on any atom is -0.497 e. The topological polar surface area (TPSA) is 65.1 Å². The molecule has 182 valence electrons. The van der Waals surface area contributed by atoms with Crippen molar-refractivity contribution < 1.29 is 22.6 Å². The second kappa shape index (κ2) is 11.6. The van der Waals surface area contributed by atoms with Crippen LogP contribution >= 0.6 is 0 Å². The van der Waals surface area contributed by atoms with Gasteiger partial charge in [0.2, 0.25) is 10.0 Å². The van der Waals surface area contributed by atoms with Crippen LogP contribution in [0, 0.1) is 6.92 Å². The Bertz CT molecular complexity index is 1070. The summed E-state index contributed by atoms with van der Waals surface area (Å²) >= 11 is 0. The van der Waals surface area contributed by atoms with Crippen molar-refractivity contribution in [1.82, 2.24) is 4.31 Å². The smallest absolute Gasteiger partial charge is 0.216 e. The molecule has 0 atom stereocenters. The van der Waals surface area contributed by atoms with Crippen LogP contribution in [0.4, 0.5) is 0 Å². The summed E-state index contributed by atoms with van der Waals surface area (Å²) in [7, 11) is 1.45. The fourth-order valence-corrected chi connectivity index (χ4v) is 5.23. The van der Waals surface area contributed by atoms with Gasteiger partial charge in [-0.1, -0.05) is 19.1 Å². The summed E-state index contributed by atoms with van der Waals surface area (Å²) in [6.07, 6.45) is 0.743. The lowest BCUT2D eigenvalue weighted by Gasteiger charge is -2.26. The molecule has 0 radical (unpaired) electrons. The average molecular weight is 476 g/mol. The van der Waals surface area contributed by atoms with Crippen LogP contribution in [0.5, 0.6) is 17.2 Å². The number of hydrogen-bond donors (Lipinski definition) is 0. The molecule has 0 saturated carbocycles. The Hall–Kier alpha value is -2.51. The van der Waals surface area contributed by atoms with E-state index in [0.29, 0.717) is 24.6 Å². The van der Waals surface area contributed by atoms with Crippen molar-refractivity contribution in [2.75, 3.05) is 34.4 Å². The molecule has 0 unspecified atom stereocenters. The minimum absolute atomic E-state index is 0.309. The molecule has 2 rings (SSSR count). The number of sulfonamides is 1. The average Bonchev–Trinajstić information content (AvgIpc) is 2.79. The van der Waals surface area contributed by atoms with E-state index in [9.17, 15) is 8.42 Å². The molecule has 0 aromatic heterocycles. The second-order valence-corrected chi connectivity index (χ2v) is 10.8. The van der Waals surface area contributed by atoms with E-state index in [-0.39, 0.29) is 0 Å². The third kappa shape index (κ3) is 6.09. The van der Waals surface area contributed by atoms with Crippen molar-refractivity contribution in [3.05, 3.63) is 58.7 Å². The van der Waals surface area contributed by atoms with Gasteiger partial charge in [-0.25, -0.2) is 8.42 Å². The van der Waals surface area contributed by atoms with Crippen molar-refractivity contribution >= 4 is 15.6 Å². The van der Waals surface area contributed by atoms with E-state index >= 15 is 0 Å². The number of aryl methyl sites for hydroxylation is 1. The molecule has 0 saturated heterocycles. The highest BCUT2D eigenvalue weighted by Crippen LogP contribution is 2.37. The fourth-order valence-electron chi connectivity index (χ4n) is 3.83. The zero-order chi connectivity index (χ0) is 24.8. The summed E-state index contributed by atoms with van der Waals surface area (Å²) < 4.78 is 44.0. The highest BCUT2D eigenvalue weighted by molar-refractivity contribution is 7.89. The van der Waals surface area contributed by atoms with Crippen LogP contribution in [0.3, 0.4) is 0 Å². The molecule has 0 spiro atoms. The summed E-state index contributed by atoms with van der Waals surface area (Å²) in [5.41, 5.74) is 4.87. The van der Waals surface area contributed by atoms with E-state index in [4.69, 9.17) is 14.2 Å². The Morgan fingerprint density at radius 1 is 0.970 bits per heavy atom. The molecule has 0 amide bonds. The fraction of sp³-hybridized carbons (Fsp3) is 0.462. The summed E-state index contributed by atoms with van der Waals surface area (Å²) in [6.45, 7) is 10.2. The Morgan fingerprint density at radius 3 is 2.03 bits per heavy atom. The maximum atomic E-state index is 13.0. The quantitative estimate of drug-likeness (QED) is 0.442. The molecule has 0 bridgehead atoms. The van der Waals surface area contributed by atoms with Crippen LogP contribution in [0.25, 0.3) is 5.57 Å². The minimum atomic E-state index is -3.40. The van der Waals surface area contributed by atoms with Crippen molar-refractivity contribution in [3.63, 3.8) is 0 Å². The van der Waals surface area contributed by atoms with Crippen LogP contribution in [0.1, 0.15) is 50.8 Å². The molecular formula is C26H37NO5S. The number of methoxy groups -OCH3 is 3. The van der Waals surface area contributed by atoms with Crippen LogP contribution in [-0.2, 0) is 10.0 Å². The third-order valence-electron chi connectivity index (χ3n) is 5.65. The first-order valence-corrected chi connectivity index (χ1v) is 12.7. The van der Waals surface area contributed by atoms with E-state index < -0.39 is 15.3 Å². The van der Waals surface area contributed by atoms with Gasteiger partial charge in [0.1, 0.15) is 5.75 Å². The third-order valence-corrected chi connectivity index (χ3v) is 7.87. The van der Waals surface area contributed by atoms with Crippen molar-refractivity contribution in [3.8, 4) is 17.2 Å². The lowest BCUT2D eigenvalue weighted by Crippen LogP contribution is -2.38. The van der Waals surface area contributed by atoms with Crippen molar-refractivity contribution in [2.24, 2.45) is 0 Å². The van der Waals surface area contributed by atoms with E-state index in [0.717, 1.165) is 40.0 Å². The van der Waals surface area contributed by atoms with E-state index in [1.165, 1.54) is 0 Å². The number of rotatable bonds is 11. The lowest BCUT2D eigenvalue weighted by molar-refractivity contribution is 0.354. The predicted molar refractivity (Wildman–Crippen MR) is 135 cm³/mol. The first-order chi connectivity index (χ1) is 15.6. The van der Waals surface area contributed by atoms with Gasteiger partial charge in [-0.05, 0) is 86.2 Å². The summed E-state index contributed by atoms with van der Waals surface area (Å²) in [5.74, 6) is 2.03. The van der Waals surface area contributed by atoms with Crippen molar-refractivity contribution in [2.45, 2.75) is 46.3 Å². The number of ether oxygens (including phenoxy) is 3. The summed E-state index contributed by atoms with van der Waals surface area (Å²) in [6, 6.07) is 11.7. The molecule has 0 aliphatic carbocycles. The van der Waals surface area contributed by atoms with E-state index in [1.807, 2.05) is 57.2 Å². The zero-order valence-corrected chi connectivity index (χ0v) is 21.9. The molecule has 2 aromatic carbocycles. The van der Waals surface area contributed by atoms with Gasteiger partial charge in [-0.2, -0.15) is 4.31 Å². The molecule has 0 aliphatic rings. The molecule has 6 nitrogen and oxygen atoms in total. The Morgan fingerprint density at radius 2 is 1.55 bits per heavy atom. The molecular weight excluding hydrogens is 438 g/mol. The summed E-state index contributed by atoms with van der Waals surface area (Å²) in [5, 5.41) is -0.482. The molecule has 33 heavy (non-hydrogen) atoms. The van der Waals surface area contributed by atoms with E-state index in [1.54, 1.807) is 39.5 Å². The van der Waals surface area contributed by atoms with Crippen LogP contribution < -0.4 is 14.2 Å². The highest BCUT2D eigenvalue weighted by Gasteiger charge is 2.26. The monoisotopic (exact) mass is 475 g/mol. The molecule has 0 heterocycles. The van der Waals surface area contributed by atoms with Gasteiger partial charge in [-0.15, -0.1) is 0 Å². The first kappa shape index (κ1) is 26.7. The second-order valence-electron chi connectivity index (χ2n) is 8.33. The zero-order valence-electron chi connectivity index (χ0n) is 21.1. The largest absolute Gasteiger partial charge is 0.497 e. The number of hydrogen-bond acceptors (Lipinski definition) is 5. The van der Waals surface area contributed by atoms with Gasteiger partial charge in [-0.3, -0.25) is 0 Å². The Balaban J connectivity index is 2.74. The lowest BCUT2D eigenvalue weighted by atomic mass is 9.90. The van der Waals surface area contributed by atoms with Gasteiger partial charge in [0, 0.05) is 13.1 Å². The highest BCUT2D eigenvalue weighted by atomic mass is 32.2. The van der Waals surface area contributed by atoms with Crippen LogP contribution in [-0.4, -0.2) is 52.4 Å². The summed E-state index contributed by atoms with van der Waals surface area (Å²) in [4.78, 5) is 0. The Labute approximate surface area is 199 Å². The standard InChI is InChI=1S/C26H37NO5S/c1-9-14-27(33(28,29)18(2)3)17-20(5)26(21-10-12-22(30-6)13-11-21)23-16-25(32-8)24(31-7)15-19(23)4/h10-13,15-16,18H,9,14,17H2,1-8H3/b26-20+. The normalized spacial score (nSPS) is 12.7. The van der Waals surface area contributed by atoms with Crippen molar-refractivity contribution in [1.29, 1.82) is 0 Å². The van der Waals surface area contributed by atoms with Gasteiger partial charge in [0.15, 0.2) is 11.5 Å². The van der Waals surface area contributed by atoms with Gasteiger partial charge < -0.3 is 14.2 Å². The van der Waals surface area contributed by atoms with Crippen LogP contribution in [0.2, 0.25) is 0 Å². The molecule has 7 heteroatoms. The van der Waals surface area contributed by atoms with Crippen LogP contribution in [0.15, 0.2) is 42.0 Å². The molecule has 0 fully saturated rings. The number of benzene rings is 2. The number of nitrogens with zero attached hydrogens (tertiary/aromatic N) is 1. The maximum Gasteiger partial charge on any atom is 0.216 e. The maximum absolute atomic E-state index is 13.0. The first-order valence-electron chi connectivity index (χ1n) is 11.2. The Kier molecular flexibility index (Phi) is 9.37.